The Balaban J connectivity index is 1.73. The molecule has 1 unspecified atom stereocenters. The quantitative estimate of drug-likeness (QED) is 0.342. The zero-order chi connectivity index (χ0) is 23.8. The van der Waals surface area contributed by atoms with Crippen LogP contribution in [0.5, 0.6) is 5.75 Å². The molecule has 0 spiro atoms. The van der Waals surface area contributed by atoms with Gasteiger partial charge >= 0.3 is 0 Å². The van der Waals surface area contributed by atoms with E-state index >= 15 is 0 Å². The van der Waals surface area contributed by atoms with Crippen LogP contribution >= 0.6 is 11.3 Å². The largest absolute Gasteiger partial charge is 0.490 e. The predicted molar refractivity (Wildman–Crippen MR) is 132 cm³/mol. The average Bonchev–Trinajstić information content (AvgIpc) is 3.41. The molecule has 1 atom stereocenters. The van der Waals surface area contributed by atoms with Gasteiger partial charge in [0.15, 0.2) is 5.43 Å². The Kier molecular flexibility index (Phi) is 5.75. The fourth-order valence-electron chi connectivity index (χ4n) is 4.19. The topological polar surface area (TPSA) is 85.5 Å². The van der Waals surface area contributed by atoms with E-state index in [0.717, 1.165) is 29.0 Å². The van der Waals surface area contributed by atoms with E-state index < -0.39 is 11.9 Å². The average molecular weight is 474 g/mol. The zero-order valence-electron chi connectivity index (χ0n) is 18.9. The lowest BCUT2D eigenvalue weighted by molar-refractivity contribution is 0.0970. The zero-order valence-corrected chi connectivity index (χ0v) is 19.7. The molecule has 2 aromatic heterocycles. The van der Waals surface area contributed by atoms with Crippen molar-refractivity contribution in [2.45, 2.75) is 32.7 Å². The number of rotatable bonds is 7. The van der Waals surface area contributed by atoms with Crippen LogP contribution in [-0.2, 0) is 6.42 Å². The van der Waals surface area contributed by atoms with Gasteiger partial charge in [-0.1, -0.05) is 54.7 Å². The SMILES string of the molecule is C=CCOc1cccc(C2c3c(oc4ccc(C)cc4c3=O)C(=O)N2c2nnc(CCC)s2)c1. The molecule has 172 valence electrons. The molecule has 2 aromatic carbocycles. The van der Waals surface area contributed by atoms with Crippen molar-refractivity contribution in [1.82, 2.24) is 10.2 Å². The third-order valence-electron chi connectivity index (χ3n) is 5.69. The van der Waals surface area contributed by atoms with Crippen molar-refractivity contribution >= 4 is 33.3 Å². The fourth-order valence-corrected chi connectivity index (χ4v) is 5.15. The number of hydrogen-bond acceptors (Lipinski definition) is 7. The van der Waals surface area contributed by atoms with Gasteiger partial charge in [-0.25, -0.2) is 0 Å². The summed E-state index contributed by atoms with van der Waals surface area (Å²) in [6.45, 7) is 8.01. The van der Waals surface area contributed by atoms with Gasteiger partial charge in [-0.3, -0.25) is 14.5 Å². The summed E-state index contributed by atoms with van der Waals surface area (Å²) in [6, 6.07) is 12.0. The van der Waals surface area contributed by atoms with E-state index in [0.29, 0.717) is 34.0 Å². The van der Waals surface area contributed by atoms with Gasteiger partial charge < -0.3 is 9.15 Å². The van der Waals surface area contributed by atoms with Crippen molar-refractivity contribution in [2.24, 2.45) is 0 Å². The van der Waals surface area contributed by atoms with Crippen LogP contribution in [0.15, 0.2) is 64.3 Å². The van der Waals surface area contributed by atoms with Crippen LogP contribution in [0.4, 0.5) is 5.13 Å². The lowest BCUT2D eigenvalue weighted by Gasteiger charge is -2.22. The summed E-state index contributed by atoms with van der Waals surface area (Å²) >= 11 is 1.35. The molecule has 0 bridgehead atoms. The van der Waals surface area contributed by atoms with Gasteiger partial charge in [0.2, 0.25) is 10.9 Å². The number of carbonyl (C=O) groups excluding carboxylic acids is 1. The predicted octanol–water partition coefficient (Wildman–Crippen LogP) is 5.22. The Hall–Kier alpha value is -3.78. The second kappa shape index (κ2) is 8.87. The molecule has 0 saturated carbocycles. The molecule has 34 heavy (non-hydrogen) atoms. The van der Waals surface area contributed by atoms with E-state index in [2.05, 4.69) is 23.7 Å². The summed E-state index contributed by atoms with van der Waals surface area (Å²) in [5.41, 5.74) is 2.12. The van der Waals surface area contributed by atoms with Crippen LogP contribution in [0.25, 0.3) is 11.0 Å². The van der Waals surface area contributed by atoms with Crippen molar-refractivity contribution in [1.29, 1.82) is 0 Å². The Labute approximate surface area is 200 Å². The highest BCUT2D eigenvalue weighted by Gasteiger charge is 2.45. The Morgan fingerprint density at radius 1 is 1.21 bits per heavy atom. The van der Waals surface area contributed by atoms with Crippen LogP contribution in [0.2, 0.25) is 0 Å². The third kappa shape index (κ3) is 3.70. The summed E-state index contributed by atoms with van der Waals surface area (Å²) in [5.74, 6) is 0.246. The molecule has 0 N–H and O–H groups in total. The first-order valence-corrected chi connectivity index (χ1v) is 11.9. The highest BCUT2D eigenvalue weighted by Crippen LogP contribution is 2.42. The maximum atomic E-state index is 13.7. The summed E-state index contributed by atoms with van der Waals surface area (Å²) in [6.07, 6.45) is 3.34. The summed E-state index contributed by atoms with van der Waals surface area (Å²) < 4.78 is 11.7. The molecule has 0 saturated heterocycles. The van der Waals surface area contributed by atoms with E-state index in [1.165, 1.54) is 16.2 Å². The van der Waals surface area contributed by atoms with Crippen molar-refractivity contribution in [3.05, 3.63) is 92.8 Å². The number of aryl methyl sites for hydroxylation is 2. The van der Waals surface area contributed by atoms with Crippen molar-refractivity contribution in [2.75, 3.05) is 11.5 Å². The van der Waals surface area contributed by atoms with Crippen LogP contribution in [0.3, 0.4) is 0 Å². The molecule has 1 aliphatic rings. The van der Waals surface area contributed by atoms with Gasteiger partial charge in [0, 0.05) is 6.42 Å². The van der Waals surface area contributed by atoms with Gasteiger partial charge in [0.1, 0.15) is 22.9 Å². The standard InChI is InChI=1S/C26H23N3O4S/c1-4-7-20-27-28-26(34-20)29-22(16-8-6-9-17(14-16)32-12-5-2)21-23(30)18-13-15(3)10-11-19(18)33-24(21)25(29)31/h5-6,8-11,13-14,22H,2,4,7,12H2,1,3H3. The van der Waals surface area contributed by atoms with E-state index in [-0.39, 0.29) is 11.2 Å². The van der Waals surface area contributed by atoms with Gasteiger partial charge in [-0.05, 0) is 43.2 Å². The number of ether oxygens (including phenoxy) is 1. The van der Waals surface area contributed by atoms with E-state index in [1.54, 1.807) is 18.2 Å². The maximum Gasteiger partial charge on any atom is 0.297 e. The van der Waals surface area contributed by atoms with E-state index in [9.17, 15) is 9.59 Å². The molecule has 0 aliphatic carbocycles. The number of anilines is 1. The minimum Gasteiger partial charge on any atom is -0.490 e. The normalized spacial score (nSPS) is 15.1. The number of nitrogens with zero attached hydrogens (tertiary/aromatic N) is 3. The van der Waals surface area contributed by atoms with Crippen LogP contribution in [0, 0.1) is 6.92 Å². The fraction of sp³-hybridized carbons (Fsp3) is 0.231. The number of fused-ring (bicyclic) bond motifs is 2. The molecular formula is C26H23N3O4S. The minimum atomic E-state index is -0.710. The summed E-state index contributed by atoms with van der Waals surface area (Å²) in [7, 11) is 0. The molecule has 0 radical (unpaired) electrons. The maximum absolute atomic E-state index is 13.7. The molecule has 0 fully saturated rings. The Bertz CT molecular complexity index is 1470. The lowest BCUT2D eigenvalue weighted by atomic mass is 9.98. The first-order valence-electron chi connectivity index (χ1n) is 11.1. The van der Waals surface area contributed by atoms with Gasteiger partial charge in [-0.2, -0.15) is 0 Å². The minimum absolute atomic E-state index is 0.0380. The molecule has 5 rings (SSSR count). The molecule has 8 heteroatoms. The summed E-state index contributed by atoms with van der Waals surface area (Å²) in [4.78, 5) is 28.9. The first kappa shape index (κ1) is 22.0. The molecule has 4 aromatic rings. The monoisotopic (exact) mass is 473 g/mol. The third-order valence-corrected chi connectivity index (χ3v) is 6.68. The van der Waals surface area contributed by atoms with Crippen LogP contribution < -0.4 is 15.1 Å². The molecule has 1 amide bonds. The Morgan fingerprint density at radius 2 is 2.06 bits per heavy atom. The van der Waals surface area contributed by atoms with Crippen LogP contribution in [-0.4, -0.2) is 22.7 Å². The Morgan fingerprint density at radius 3 is 2.85 bits per heavy atom. The summed E-state index contributed by atoms with van der Waals surface area (Å²) in [5, 5.41) is 10.3. The van der Waals surface area contributed by atoms with Gasteiger partial charge in [0.05, 0.1) is 17.0 Å². The molecule has 7 nitrogen and oxygen atoms in total. The number of aromatic nitrogens is 2. The molecular weight excluding hydrogens is 450 g/mol. The van der Waals surface area contributed by atoms with E-state index in [4.69, 9.17) is 9.15 Å². The smallest absolute Gasteiger partial charge is 0.297 e. The number of amides is 1. The second-order valence-corrected chi connectivity index (χ2v) is 9.19. The first-order chi connectivity index (χ1) is 16.5. The molecule has 1 aliphatic heterocycles. The van der Waals surface area contributed by atoms with Crippen molar-refractivity contribution in [3.63, 3.8) is 0 Å². The number of hydrogen-bond donors (Lipinski definition) is 0. The van der Waals surface area contributed by atoms with Gasteiger partial charge in [-0.15, -0.1) is 10.2 Å². The number of benzene rings is 2. The van der Waals surface area contributed by atoms with Crippen molar-refractivity contribution in [3.8, 4) is 5.75 Å². The van der Waals surface area contributed by atoms with Crippen LogP contribution in [0.1, 0.15) is 51.6 Å². The second-order valence-electron chi connectivity index (χ2n) is 8.15. The molecule has 3 heterocycles. The van der Waals surface area contributed by atoms with Gasteiger partial charge in [0.25, 0.3) is 5.91 Å². The van der Waals surface area contributed by atoms with E-state index in [1.807, 2.05) is 37.3 Å². The van der Waals surface area contributed by atoms with Crippen molar-refractivity contribution < 1.29 is 13.9 Å². The highest BCUT2D eigenvalue weighted by molar-refractivity contribution is 7.15. The lowest BCUT2D eigenvalue weighted by Crippen LogP contribution is -2.29. The highest BCUT2D eigenvalue weighted by atomic mass is 32.1. The number of carbonyl (C=O) groups is 1.